The highest BCUT2D eigenvalue weighted by Gasteiger charge is 2.04. The molecule has 0 fully saturated rings. The molecule has 2 rings (SSSR count). The average molecular weight is 232 g/mol. The van der Waals surface area contributed by atoms with E-state index in [1.54, 1.807) is 11.3 Å². The molecule has 0 spiro atoms. The molecule has 2 aromatic rings. The maximum atomic E-state index is 5.52. The summed E-state index contributed by atoms with van der Waals surface area (Å²) in [6, 6.07) is 6.53. The fourth-order valence-corrected chi connectivity index (χ4v) is 2.51. The molecule has 0 aliphatic rings. The van der Waals surface area contributed by atoms with Crippen LogP contribution in [0.1, 0.15) is 16.1 Å². The van der Waals surface area contributed by atoms with Crippen molar-refractivity contribution in [3.63, 3.8) is 0 Å². The molecule has 3 heteroatoms. The quantitative estimate of drug-likeness (QED) is 0.883. The third-order valence-electron chi connectivity index (χ3n) is 2.70. The largest absolute Gasteiger partial charge is 0.330 e. The smallest absolute Gasteiger partial charge is 0.0943 e. The number of hydrogen-bond acceptors (Lipinski definition) is 3. The molecule has 16 heavy (non-hydrogen) atoms. The first-order valence-corrected chi connectivity index (χ1v) is 6.25. The summed E-state index contributed by atoms with van der Waals surface area (Å²) in [6.07, 6.45) is 2.81. The molecule has 0 aliphatic heterocycles. The lowest BCUT2D eigenvalue weighted by atomic mass is 10.1. The van der Waals surface area contributed by atoms with Crippen molar-refractivity contribution in [2.24, 2.45) is 5.73 Å². The number of aryl methyl sites for hydroxylation is 2. The van der Waals surface area contributed by atoms with Crippen LogP contribution >= 0.6 is 11.3 Å². The van der Waals surface area contributed by atoms with Crippen molar-refractivity contribution in [2.75, 3.05) is 6.54 Å². The van der Waals surface area contributed by atoms with Crippen LogP contribution < -0.4 is 5.73 Å². The first kappa shape index (κ1) is 11.3. The Morgan fingerprint density at radius 1 is 1.25 bits per heavy atom. The molecule has 0 atom stereocenters. The molecule has 0 aliphatic carbocycles. The first-order chi connectivity index (χ1) is 7.70. The van der Waals surface area contributed by atoms with E-state index in [9.17, 15) is 0 Å². The number of hydrogen-bond donors (Lipinski definition) is 1. The summed E-state index contributed by atoms with van der Waals surface area (Å²) in [5, 5.41) is 1.12. The highest BCUT2D eigenvalue weighted by Crippen LogP contribution is 2.27. The van der Waals surface area contributed by atoms with Crippen LogP contribution in [-0.2, 0) is 6.42 Å². The van der Waals surface area contributed by atoms with Gasteiger partial charge in [0.25, 0.3) is 0 Å². The zero-order valence-electron chi connectivity index (χ0n) is 9.66. The lowest BCUT2D eigenvalue weighted by Gasteiger charge is -2.02. The summed E-state index contributed by atoms with van der Waals surface area (Å²) in [6.45, 7) is 4.94. The van der Waals surface area contributed by atoms with Crippen LogP contribution in [0.25, 0.3) is 10.4 Å². The minimum atomic E-state index is 0.667. The van der Waals surface area contributed by atoms with E-state index >= 15 is 0 Å². The number of nitrogens with two attached hydrogens (primary N) is 1. The van der Waals surface area contributed by atoms with Gasteiger partial charge in [0.15, 0.2) is 0 Å². The van der Waals surface area contributed by atoms with Crippen molar-refractivity contribution in [1.82, 2.24) is 4.98 Å². The maximum Gasteiger partial charge on any atom is 0.0943 e. The van der Waals surface area contributed by atoms with Crippen molar-refractivity contribution in [3.05, 3.63) is 40.5 Å². The maximum absolute atomic E-state index is 5.52. The van der Waals surface area contributed by atoms with Crippen LogP contribution in [0.3, 0.4) is 0 Å². The number of thiazole rings is 1. The van der Waals surface area contributed by atoms with Gasteiger partial charge >= 0.3 is 0 Å². The summed E-state index contributed by atoms with van der Waals surface area (Å²) in [5.41, 5.74) is 9.43. The van der Waals surface area contributed by atoms with Gasteiger partial charge in [-0.2, -0.15) is 0 Å². The van der Waals surface area contributed by atoms with Gasteiger partial charge in [-0.1, -0.05) is 18.2 Å². The molecular weight excluding hydrogens is 216 g/mol. The fraction of sp³-hybridized carbons (Fsp3) is 0.308. The molecule has 0 unspecified atom stereocenters. The molecular formula is C13H16N2S. The molecule has 2 nitrogen and oxygen atoms in total. The van der Waals surface area contributed by atoms with Crippen molar-refractivity contribution in [1.29, 1.82) is 0 Å². The molecule has 0 amide bonds. The van der Waals surface area contributed by atoms with Crippen molar-refractivity contribution in [2.45, 2.75) is 20.3 Å². The molecule has 0 bridgehead atoms. The minimum Gasteiger partial charge on any atom is -0.330 e. The Bertz CT molecular complexity index is 488. The zero-order valence-corrected chi connectivity index (χ0v) is 10.5. The standard InChI is InChI=1S/C13H16N2S/c1-9-3-4-11(7-10(9)2)12-8-15-13(16-12)5-6-14/h3-4,7-8H,5-6,14H2,1-2H3. The Morgan fingerprint density at radius 2 is 2.06 bits per heavy atom. The average Bonchev–Trinajstić information content (AvgIpc) is 2.71. The van der Waals surface area contributed by atoms with Crippen LogP contribution in [0.2, 0.25) is 0 Å². The van der Waals surface area contributed by atoms with E-state index in [0.29, 0.717) is 6.54 Å². The minimum absolute atomic E-state index is 0.667. The molecule has 2 N–H and O–H groups in total. The van der Waals surface area contributed by atoms with Gasteiger partial charge in [0, 0.05) is 12.6 Å². The Hall–Kier alpha value is -1.19. The molecule has 1 aromatic heterocycles. The number of aromatic nitrogens is 1. The van der Waals surface area contributed by atoms with Gasteiger partial charge < -0.3 is 5.73 Å². The number of rotatable bonds is 3. The molecule has 1 aromatic carbocycles. The molecule has 84 valence electrons. The second kappa shape index (κ2) is 4.76. The Labute approximate surface area is 100 Å². The van der Waals surface area contributed by atoms with Gasteiger partial charge in [-0.05, 0) is 37.1 Å². The van der Waals surface area contributed by atoms with Gasteiger partial charge in [-0.3, -0.25) is 0 Å². The number of benzene rings is 1. The van der Waals surface area contributed by atoms with E-state index in [0.717, 1.165) is 11.4 Å². The van der Waals surface area contributed by atoms with Crippen LogP contribution in [0, 0.1) is 13.8 Å². The zero-order chi connectivity index (χ0) is 11.5. The summed E-state index contributed by atoms with van der Waals surface area (Å²) in [4.78, 5) is 5.60. The van der Waals surface area contributed by atoms with Crippen molar-refractivity contribution >= 4 is 11.3 Å². The number of nitrogens with zero attached hydrogens (tertiary/aromatic N) is 1. The topological polar surface area (TPSA) is 38.9 Å². The van der Waals surface area contributed by atoms with Crippen LogP contribution in [0.4, 0.5) is 0 Å². The molecule has 1 heterocycles. The van der Waals surface area contributed by atoms with Crippen molar-refractivity contribution in [3.8, 4) is 10.4 Å². The third-order valence-corrected chi connectivity index (χ3v) is 3.81. The highest BCUT2D eigenvalue weighted by atomic mass is 32.1. The lowest BCUT2D eigenvalue weighted by Crippen LogP contribution is -2.01. The van der Waals surface area contributed by atoms with E-state index in [1.165, 1.54) is 21.6 Å². The van der Waals surface area contributed by atoms with Gasteiger partial charge in [-0.15, -0.1) is 11.3 Å². The molecule has 0 saturated carbocycles. The van der Waals surface area contributed by atoms with E-state index in [2.05, 4.69) is 37.0 Å². The Kier molecular flexibility index (Phi) is 3.36. The Balaban J connectivity index is 2.31. The Morgan fingerprint density at radius 3 is 2.75 bits per heavy atom. The van der Waals surface area contributed by atoms with Gasteiger partial charge in [0.2, 0.25) is 0 Å². The van der Waals surface area contributed by atoms with E-state index in [-0.39, 0.29) is 0 Å². The second-order valence-corrected chi connectivity index (χ2v) is 5.07. The predicted octanol–water partition coefficient (Wildman–Crippen LogP) is 2.93. The SMILES string of the molecule is Cc1ccc(-c2cnc(CCN)s2)cc1C. The van der Waals surface area contributed by atoms with E-state index in [4.69, 9.17) is 5.73 Å². The predicted molar refractivity (Wildman–Crippen MR) is 69.8 cm³/mol. The highest BCUT2D eigenvalue weighted by molar-refractivity contribution is 7.15. The normalized spacial score (nSPS) is 10.7. The van der Waals surface area contributed by atoms with Gasteiger partial charge in [-0.25, -0.2) is 4.98 Å². The monoisotopic (exact) mass is 232 g/mol. The van der Waals surface area contributed by atoms with Crippen molar-refractivity contribution < 1.29 is 0 Å². The van der Waals surface area contributed by atoms with Crippen LogP contribution in [0.5, 0.6) is 0 Å². The summed E-state index contributed by atoms with van der Waals surface area (Å²) < 4.78 is 0. The van der Waals surface area contributed by atoms with E-state index in [1.807, 2.05) is 6.20 Å². The van der Waals surface area contributed by atoms with Gasteiger partial charge in [0.05, 0.1) is 9.88 Å². The summed E-state index contributed by atoms with van der Waals surface area (Å²) in [5.74, 6) is 0. The summed E-state index contributed by atoms with van der Waals surface area (Å²) >= 11 is 1.73. The summed E-state index contributed by atoms with van der Waals surface area (Å²) in [7, 11) is 0. The first-order valence-electron chi connectivity index (χ1n) is 5.43. The van der Waals surface area contributed by atoms with E-state index < -0.39 is 0 Å². The van der Waals surface area contributed by atoms with Gasteiger partial charge in [0.1, 0.15) is 0 Å². The molecule has 0 radical (unpaired) electrons. The third kappa shape index (κ3) is 2.31. The second-order valence-electron chi connectivity index (χ2n) is 3.96. The fourth-order valence-electron chi connectivity index (χ4n) is 1.58. The molecule has 0 saturated heterocycles. The lowest BCUT2D eigenvalue weighted by molar-refractivity contribution is 0.953. The van der Waals surface area contributed by atoms with Crippen LogP contribution in [-0.4, -0.2) is 11.5 Å². The van der Waals surface area contributed by atoms with Crippen LogP contribution in [0.15, 0.2) is 24.4 Å².